The van der Waals surface area contributed by atoms with E-state index >= 15 is 0 Å². The minimum absolute atomic E-state index is 0.160. The highest BCUT2D eigenvalue weighted by Gasteiger charge is 2.39. The quantitative estimate of drug-likeness (QED) is 0.628. The van der Waals surface area contributed by atoms with Crippen molar-refractivity contribution in [1.82, 2.24) is 0 Å². The van der Waals surface area contributed by atoms with E-state index in [0.717, 1.165) is 16.0 Å². The molecule has 2 aromatic rings. The van der Waals surface area contributed by atoms with Crippen LogP contribution >= 0.6 is 11.3 Å². The molecule has 3 nitrogen and oxygen atoms in total. The standard InChI is InChI=1S/C19H18O3S/c1-2-22-19(21)18-15(13-7-4-3-5-8-13)11-14(12-16(18)20)17-9-6-10-23-17/h3-10,12,15,18H,2,11H2,1H3/t15-,18+/m1/s1. The Morgan fingerprint density at radius 1 is 1.22 bits per heavy atom. The zero-order valence-corrected chi connectivity index (χ0v) is 13.7. The summed E-state index contributed by atoms with van der Waals surface area (Å²) in [6.45, 7) is 2.04. The Balaban J connectivity index is 2.00. The van der Waals surface area contributed by atoms with Crippen molar-refractivity contribution in [2.75, 3.05) is 6.61 Å². The van der Waals surface area contributed by atoms with E-state index in [4.69, 9.17) is 4.74 Å². The number of carbonyl (C=O) groups is 2. The van der Waals surface area contributed by atoms with E-state index in [1.165, 1.54) is 0 Å². The van der Waals surface area contributed by atoms with E-state index in [1.54, 1.807) is 24.3 Å². The first kappa shape index (κ1) is 15.7. The predicted octanol–water partition coefficient (Wildman–Crippen LogP) is 4.07. The number of benzene rings is 1. The van der Waals surface area contributed by atoms with Gasteiger partial charge in [0.05, 0.1) is 6.61 Å². The normalized spacial score (nSPS) is 20.9. The first-order chi connectivity index (χ1) is 11.2. The van der Waals surface area contributed by atoms with Gasteiger partial charge in [0.2, 0.25) is 0 Å². The van der Waals surface area contributed by atoms with Gasteiger partial charge in [-0.05, 0) is 42.0 Å². The Morgan fingerprint density at radius 2 is 2.00 bits per heavy atom. The highest BCUT2D eigenvalue weighted by molar-refractivity contribution is 7.11. The van der Waals surface area contributed by atoms with Crippen molar-refractivity contribution in [3.8, 4) is 0 Å². The molecule has 1 heterocycles. The van der Waals surface area contributed by atoms with Crippen LogP contribution in [0.4, 0.5) is 0 Å². The molecule has 0 spiro atoms. The first-order valence-electron chi connectivity index (χ1n) is 7.70. The second-order valence-corrected chi connectivity index (χ2v) is 6.45. The van der Waals surface area contributed by atoms with Crippen LogP contribution in [-0.2, 0) is 14.3 Å². The Kier molecular flexibility index (Phi) is 4.72. The molecule has 0 fully saturated rings. The van der Waals surface area contributed by atoms with Crippen molar-refractivity contribution in [1.29, 1.82) is 0 Å². The molecule has 1 aliphatic carbocycles. The fraction of sp³-hybridized carbons (Fsp3) is 0.263. The number of hydrogen-bond acceptors (Lipinski definition) is 4. The van der Waals surface area contributed by atoms with Gasteiger partial charge < -0.3 is 4.74 Å². The molecule has 118 valence electrons. The van der Waals surface area contributed by atoms with Crippen LogP contribution in [0, 0.1) is 5.92 Å². The predicted molar refractivity (Wildman–Crippen MR) is 91.2 cm³/mol. The Labute approximate surface area is 139 Å². The largest absolute Gasteiger partial charge is 0.465 e. The molecule has 0 bridgehead atoms. The van der Waals surface area contributed by atoms with Crippen molar-refractivity contribution in [2.45, 2.75) is 19.3 Å². The molecule has 0 aliphatic heterocycles. The van der Waals surface area contributed by atoms with Crippen molar-refractivity contribution in [3.05, 3.63) is 64.4 Å². The summed E-state index contributed by atoms with van der Waals surface area (Å²) in [5.74, 6) is -1.51. The van der Waals surface area contributed by atoms with Gasteiger partial charge in [0.15, 0.2) is 5.78 Å². The van der Waals surface area contributed by atoms with Gasteiger partial charge >= 0.3 is 5.97 Å². The number of rotatable bonds is 4. The van der Waals surface area contributed by atoms with E-state index in [0.29, 0.717) is 6.42 Å². The minimum atomic E-state index is -0.749. The number of hydrogen-bond donors (Lipinski definition) is 0. The first-order valence-corrected chi connectivity index (χ1v) is 8.58. The van der Waals surface area contributed by atoms with Gasteiger partial charge in [0.25, 0.3) is 0 Å². The highest BCUT2D eigenvalue weighted by atomic mass is 32.1. The zero-order valence-electron chi connectivity index (χ0n) is 12.9. The summed E-state index contributed by atoms with van der Waals surface area (Å²) in [5.41, 5.74) is 2.00. The summed E-state index contributed by atoms with van der Waals surface area (Å²) in [5, 5.41) is 2.00. The van der Waals surface area contributed by atoms with Crippen molar-refractivity contribution in [2.24, 2.45) is 5.92 Å². The summed E-state index contributed by atoms with van der Waals surface area (Å²) < 4.78 is 5.14. The van der Waals surface area contributed by atoms with Gasteiger partial charge in [0.1, 0.15) is 5.92 Å². The lowest BCUT2D eigenvalue weighted by molar-refractivity contribution is -0.151. The monoisotopic (exact) mass is 326 g/mol. The van der Waals surface area contributed by atoms with E-state index in [1.807, 2.05) is 47.8 Å². The SMILES string of the molecule is CCOC(=O)[C@@H]1C(=O)C=C(c2cccs2)C[C@@H]1c1ccccc1. The highest BCUT2D eigenvalue weighted by Crippen LogP contribution is 2.41. The fourth-order valence-corrected chi connectivity index (χ4v) is 3.78. The van der Waals surface area contributed by atoms with Crippen LogP contribution in [0.1, 0.15) is 29.7 Å². The number of ether oxygens (including phenoxy) is 1. The maximum absolute atomic E-state index is 12.6. The minimum Gasteiger partial charge on any atom is -0.465 e. The van der Waals surface area contributed by atoms with Crippen LogP contribution in [0.25, 0.3) is 5.57 Å². The Hall–Kier alpha value is -2.20. The average Bonchev–Trinajstić information content (AvgIpc) is 3.09. The lowest BCUT2D eigenvalue weighted by Gasteiger charge is -2.29. The third-order valence-electron chi connectivity index (χ3n) is 4.07. The van der Waals surface area contributed by atoms with Crippen molar-refractivity contribution >= 4 is 28.7 Å². The molecular formula is C19H18O3S. The van der Waals surface area contributed by atoms with E-state index < -0.39 is 11.9 Å². The molecule has 0 saturated carbocycles. The summed E-state index contributed by atoms with van der Waals surface area (Å²) in [6, 6.07) is 13.7. The van der Waals surface area contributed by atoms with Crippen LogP contribution in [0.5, 0.6) is 0 Å². The van der Waals surface area contributed by atoms with E-state index in [-0.39, 0.29) is 18.3 Å². The number of allylic oxidation sites excluding steroid dienone is 2. The van der Waals surface area contributed by atoms with Crippen LogP contribution < -0.4 is 0 Å². The molecule has 0 unspecified atom stereocenters. The number of thiophene rings is 1. The molecule has 3 rings (SSSR count). The molecule has 1 aromatic carbocycles. The third-order valence-corrected chi connectivity index (χ3v) is 5.02. The number of carbonyl (C=O) groups excluding carboxylic acids is 2. The molecule has 0 radical (unpaired) electrons. The van der Waals surface area contributed by atoms with Crippen LogP contribution in [0.2, 0.25) is 0 Å². The number of ketones is 1. The van der Waals surface area contributed by atoms with Gasteiger partial charge in [-0.2, -0.15) is 0 Å². The summed E-state index contributed by atoms with van der Waals surface area (Å²) in [6.07, 6.45) is 2.28. The lowest BCUT2D eigenvalue weighted by Crippen LogP contribution is -2.33. The summed E-state index contributed by atoms with van der Waals surface area (Å²) in [4.78, 5) is 26.0. The second-order valence-electron chi connectivity index (χ2n) is 5.50. The topological polar surface area (TPSA) is 43.4 Å². The van der Waals surface area contributed by atoms with Crippen molar-refractivity contribution < 1.29 is 14.3 Å². The molecule has 1 aliphatic rings. The molecule has 23 heavy (non-hydrogen) atoms. The Morgan fingerprint density at radius 3 is 2.65 bits per heavy atom. The van der Waals surface area contributed by atoms with Gasteiger partial charge in [-0.15, -0.1) is 11.3 Å². The molecule has 1 aromatic heterocycles. The molecule has 0 amide bonds. The zero-order chi connectivity index (χ0) is 16.2. The number of esters is 1. The molecule has 0 N–H and O–H groups in total. The van der Waals surface area contributed by atoms with E-state index in [9.17, 15) is 9.59 Å². The average molecular weight is 326 g/mol. The molecular weight excluding hydrogens is 308 g/mol. The van der Waals surface area contributed by atoms with Gasteiger partial charge in [0, 0.05) is 10.8 Å². The fourth-order valence-electron chi connectivity index (χ4n) is 3.03. The smallest absolute Gasteiger partial charge is 0.317 e. The summed E-state index contributed by atoms with van der Waals surface area (Å²) in [7, 11) is 0. The van der Waals surface area contributed by atoms with Crippen molar-refractivity contribution in [3.63, 3.8) is 0 Å². The van der Waals surface area contributed by atoms with Crippen LogP contribution in [0.15, 0.2) is 53.9 Å². The van der Waals surface area contributed by atoms with Crippen LogP contribution in [0.3, 0.4) is 0 Å². The van der Waals surface area contributed by atoms with Gasteiger partial charge in [-0.3, -0.25) is 9.59 Å². The van der Waals surface area contributed by atoms with Gasteiger partial charge in [-0.25, -0.2) is 0 Å². The lowest BCUT2D eigenvalue weighted by atomic mass is 9.74. The molecule has 0 saturated heterocycles. The van der Waals surface area contributed by atoms with Crippen LogP contribution in [-0.4, -0.2) is 18.4 Å². The summed E-state index contributed by atoms with van der Waals surface area (Å²) >= 11 is 1.61. The van der Waals surface area contributed by atoms with Gasteiger partial charge in [-0.1, -0.05) is 36.4 Å². The van der Waals surface area contributed by atoms with E-state index in [2.05, 4.69) is 0 Å². The molecule has 4 heteroatoms. The maximum atomic E-state index is 12.6. The second kappa shape index (κ2) is 6.92. The maximum Gasteiger partial charge on any atom is 0.317 e. The molecule has 2 atom stereocenters. The Bertz CT molecular complexity index is 716. The third kappa shape index (κ3) is 3.27.